The summed E-state index contributed by atoms with van der Waals surface area (Å²) in [5.74, 6) is 1.83. The summed E-state index contributed by atoms with van der Waals surface area (Å²) >= 11 is 6.83. The topological polar surface area (TPSA) is 17.1 Å². The lowest BCUT2D eigenvalue weighted by Crippen LogP contribution is -2.14. The molecule has 0 aliphatic heterocycles. The Labute approximate surface area is 130 Å². The van der Waals surface area contributed by atoms with Gasteiger partial charge in [-0.3, -0.25) is 0 Å². The molecule has 0 saturated carbocycles. The van der Waals surface area contributed by atoms with Crippen LogP contribution in [0.4, 0.5) is 0 Å². The normalized spacial score (nSPS) is 12.4. The second-order valence-corrected chi connectivity index (χ2v) is 8.22. The predicted octanol–water partition coefficient (Wildman–Crippen LogP) is 4.63. The van der Waals surface area contributed by atoms with E-state index in [1.165, 1.54) is 0 Å². The van der Waals surface area contributed by atoms with Crippen molar-refractivity contribution in [1.29, 1.82) is 0 Å². The SMILES string of the molecule is O=P(/C=C(\Br)CBr)(c1ccccc1)c1ccccc1. The minimum Gasteiger partial charge on any atom is -0.309 e. The smallest absolute Gasteiger partial charge is 0.164 e. The molecule has 2 aromatic carbocycles. The summed E-state index contributed by atoms with van der Waals surface area (Å²) in [5.41, 5.74) is 0. The van der Waals surface area contributed by atoms with Crippen molar-refractivity contribution in [3.8, 4) is 0 Å². The highest BCUT2D eigenvalue weighted by atomic mass is 79.9. The summed E-state index contributed by atoms with van der Waals surface area (Å²) in [6.45, 7) is 0. The summed E-state index contributed by atoms with van der Waals surface area (Å²) in [4.78, 5) is 0. The lowest BCUT2D eigenvalue weighted by Gasteiger charge is -2.16. The third kappa shape index (κ3) is 3.47. The molecule has 0 aromatic heterocycles. The maximum absolute atomic E-state index is 13.5. The van der Waals surface area contributed by atoms with E-state index in [9.17, 15) is 4.57 Å². The lowest BCUT2D eigenvalue weighted by atomic mass is 10.4. The fourth-order valence-corrected chi connectivity index (χ4v) is 5.42. The number of rotatable bonds is 4. The summed E-state index contributed by atoms with van der Waals surface area (Å²) in [5, 5.41) is 2.34. The molecule has 0 heterocycles. The zero-order chi connectivity index (χ0) is 13.7. The molecule has 4 heteroatoms. The molecule has 0 N–H and O–H groups in total. The van der Waals surface area contributed by atoms with Gasteiger partial charge in [0, 0.05) is 20.4 Å². The Kier molecular flexibility index (Phi) is 5.20. The molecule has 0 amide bonds. The van der Waals surface area contributed by atoms with E-state index in [0.717, 1.165) is 15.1 Å². The van der Waals surface area contributed by atoms with Gasteiger partial charge in [-0.25, -0.2) is 0 Å². The molecular weight excluding hydrogens is 387 g/mol. The van der Waals surface area contributed by atoms with Crippen LogP contribution < -0.4 is 10.6 Å². The zero-order valence-corrected chi connectivity index (χ0v) is 14.2. The van der Waals surface area contributed by atoms with Crippen molar-refractivity contribution in [2.45, 2.75) is 0 Å². The molecular formula is C15H13Br2OP. The third-order valence-corrected chi connectivity index (χ3v) is 7.75. The standard InChI is InChI=1S/C15H13Br2OP/c16-11-13(17)12-19(18,14-7-3-1-4-8-14)15-9-5-2-6-10-15/h1-10,12H,11H2/b13-12-. The Morgan fingerprint density at radius 1 is 0.947 bits per heavy atom. The van der Waals surface area contributed by atoms with Crippen LogP contribution in [0, 0.1) is 0 Å². The molecule has 0 aliphatic carbocycles. The van der Waals surface area contributed by atoms with Crippen LogP contribution in [0.2, 0.25) is 0 Å². The van der Waals surface area contributed by atoms with E-state index in [4.69, 9.17) is 0 Å². The van der Waals surface area contributed by atoms with Crippen molar-refractivity contribution in [2.24, 2.45) is 0 Å². The van der Waals surface area contributed by atoms with Crippen molar-refractivity contribution >= 4 is 49.6 Å². The fourth-order valence-electron chi connectivity index (χ4n) is 1.83. The summed E-state index contributed by atoms with van der Waals surface area (Å²) in [6, 6.07) is 19.2. The van der Waals surface area contributed by atoms with Crippen LogP contribution in [0.25, 0.3) is 0 Å². The van der Waals surface area contributed by atoms with Crippen LogP contribution in [-0.4, -0.2) is 5.33 Å². The molecule has 19 heavy (non-hydrogen) atoms. The molecule has 98 valence electrons. The van der Waals surface area contributed by atoms with E-state index < -0.39 is 7.14 Å². The average Bonchev–Trinajstić information content (AvgIpc) is 2.48. The molecule has 1 nitrogen and oxygen atoms in total. The molecule has 0 bridgehead atoms. The first-order valence-electron chi connectivity index (χ1n) is 5.81. The molecule has 0 radical (unpaired) electrons. The highest BCUT2D eigenvalue weighted by molar-refractivity contribution is 9.13. The Morgan fingerprint density at radius 2 is 1.37 bits per heavy atom. The Balaban J connectivity index is 2.61. The van der Waals surface area contributed by atoms with Crippen LogP contribution in [0.3, 0.4) is 0 Å². The van der Waals surface area contributed by atoms with Gasteiger partial charge < -0.3 is 4.57 Å². The largest absolute Gasteiger partial charge is 0.309 e. The first kappa shape index (κ1) is 14.8. The predicted molar refractivity (Wildman–Crippen MR) is 90.6 cm³/mol. The van der Waals surface area contributed by atoms with Crippen molar-refractivity contribution in [3.63, 3.8) is 0 Å². The first-order chi connectivity index (χ1) is 9.16. The summed E-state index contributed by atoms with van der Waals surface area (Å²) < 4.78 is 14.4. The van der Waals surface area contributed by atoms with Gasteiger partial charge in [0.15, 0.2) is 7.14 Å². The van der Waals surface area contributed by atoms with Crippen LogP contribution >= 0.6 is 39.0 Å². The highest BCUT2D eigenvalue weighted by Gasteiger charge is 2.24. The number of hydrogen-bond acceptors (Lipinski definition) is 1. The van der Waals surface area contributed by atoms with Gasteiger partial charge >= 0.3 is 0 Å². The monoisotopic (exact) mass is 398 g/mol. The number of alkyl halides is 1. The summed E-state index contributed by atoms with van der Waals surface area (Å²) in [6.07, 6.45) is 0. The molecule has 0 unspecified atom stereocenters. The van der Waals surface area contributed by atoms with E-state index in [1.54, 1.807) is 0 Å². The molecule has 2 rings (SSSR count). The maximum Gasteiger partial charge on any atom is 0.164 e. The number of halogens is 2. The van der Waals surface area contributed by atoms with Gasteiger partial charge in [-0.15, -0.1) is 0 Å². The van der Waals surface area contributed by atoms with E-state index in [2.05, 4.69) is 31.9 Å². The zero-order valence-electron chi connectivity index (χ0n) is 10.2. The molecule has 0 fully saturated rings. The van der Waals surface area contributed by atoms with E-state index in [0.29, 0.717) is 5.33 Å². The number of allylic oxidation sites excluding steroid dienone is 1. The Bertz CT molecular complexity index is 565. The summed E-state index contributed by atoms with van der Waals surface area (Å²) in [7, 11) is -2.74. The van der Waals surface area contributed by atoms with Crippen molar-refractivity contribution in [3.05, 3.63) is 71.0 Å². The van der Waals surface area contributed by atoms with Crippen molar-refractivity contribution in [1.82, 2.24) is 0 Å². The molecule has 0 saturated heterocycles. The molecule has 0 aliphatic rings. The van der Waals surface area contributed by atoms with Crippen LogP contribution in [-0.2, 0) is 4.57 Å². The highest BCUT2D eigenvalue weighted by Crippen LogP contribution is 2.46. The van der Waals surface area contributed by atoms with Gasteiger partial charge in [0.2, 0.25) is 0 Å². The lowest BCUT2D eigenvalue weighted by molar-refractivity contribution is 0.592. The maximum atomic E-state index is 13.5. The van der Waals surface area contributed by atoms with Crippen LogP contribution in [0.5, 0.6) is 0 Å². The van der Waals surface area contributed by atoms with Gasteiger partial charge in [0.05, 0.1) is 0 Å². The van der Waals surface area contributed by atoms with Crippen molar-refractivity contribution < 1.29 is 4.57 Å². The minimum atomic E-state index is -2.74. The third-order valence-electron chi connectivity index (χ3n) is 2.73. The fraction of sp³-hybridized carbons (Fsp3) is 0.0667. The van der Waals surface area contributed by atoms with Gasteiger partial charge in [-0.1, -0.05) is 92.5 Å². The number of hydrogen-bond donors (Lipinski definition) is 0. The Morgan fingerprint density at radius 3 is 1.74 bits per heavy atom. The van der Waals surface area contributed by atoms with Gasteiger partial charge in [-0.2, -0.15) is 0 Å². The van der Waals surface area contributed by atoms with E-state index >= 15 is 0 Å². The van der Waals surface area contributed by atoms with E-state index in [-0.39, 0.29) is 0 Å². The van der Waals surface area contributed by atoms with Crippen LogP contribution in [0.1, 0.15) is 0 Å². The quantitative estimate of drug-likeness (QED) is 0.541. The molecule has 0 atom stereocenters. The second-order valence-electron chi connectivity index (χ2n) is 4.04. The van der Waals surface area contributed by atoms with Crippen molar-refractivity contribution in [2.75, 3.05) is 5.33 Å². The second kappa shape index (κ2) is 6.69. The van der Waals surface area contributed by atoms with Gasteiger partial charge in [0.1, 0.15) is 0 Å². The van der Waals surface area contributed by atoms with Gasteiger partial charge in [0.25, 0.3) is 0 Å². The molecule has 2 aromatic rings. The van der Waals surface area contributed by atoms with E-state index in [1.807, 2.05) is 66.5 Å². The first-order valence-corrected chi connectivity index (χ1v) is 9.50. The number of benzene rings is 2. The molecule has 0 spiro atoms. The Hall–Kier alpha value is -0.630. The average molecular weight is 400 g/mol. The minimum absolute atomic E-state index is 0.649. The van der Waals surface area contributed by atoms with Crippen LogP contribution in [0.15, 0.2) is 71.0 Å². The van der Waals surface area contributed by atoms with Gasteiger partial charge in [-0.05, 0) is 5.82 Å².